The van der Waals surface area contributed by atoms with Crippen LogP contribution in [0.4, 0.5) is 23.1 Å². The zero-order valence-corrected chi connectivity index (χ0v) is 16.5. The minimum atomic E-state index is -0.929. The molecule has 148 valence electrons. The first-order chi connectivity index (χ1) is 13.9. The first-order valence-corrected chi connectivity index (χ1v) is 9.26. The van der Waals surface area contributed by atoms with Crippen molar-refractivity contribution in [3.63, 3.8) is 0 Å². The van der Waals surface area contributed by atoms with Gasteiger partial charge in [0.05, 0.1) is 24.1 Å². The van der Waals surface area contributed by atoms with Crippen molar-refractivity contribution in [2.45, 2.75) is 20.4 Å². The molecule has 2 N–H and O–H groups in total. The van der Waals surface area contributed by atoms with Crippen LogP contribution in [0.2, 0.25) is 0 Å². The number of carboxylic acids is 1. The third-order valence-corrected chi connectivity index (χ3v) is 4.91. The summed E-state index contributed by atoms with van der Waals surface area (Å²) in [6.07, 6.45) is 3.56. The predicted octanol–water partition coefficient (Wildman–Crippen LogP) is 3.34. The van der Waals surface area contributed by atoms with Crippen LogP contribution in [0, 0.1) is 13.8 Å². The Hall–Kier alpha value is -3.68. The summed E-state index contributed by atoms with van der Waals surface area (Å²) in [7, 11) is 1.96. The zero-order chi connectivity index (χ0) is 20.5. The highest BCUT2D eigenvalue weighted by molar-refractivity contribution is 5.89. The van der Waals surface area contributed by atoms with Gasteiger partial charge in [-0.25, -0.2) is 9.78 Å². The van der Waals surface area contributed by atoms with E-state index in [2.05, 4.69) is 25.2 Å². The number of aromatic carboxylic acids is 1. The van der Waals surface area contributed by atoms with E-state index in [4.69, 9.17) is 0 Å². The fraction of sp³-hybridized carbons (Fsp3) is 0.238. The molecule has 0 saturated carbocycles. The van der Waals surface area contributed by atoms with Crippen LogP contribution >= 0.6 is 0 Å². The van der Waals surface area contributed by atoms with Crippen LogP contribution in [0.5, 0.6) is 0 Å². The summed E-state index contributed by atoms with van der Waals surface area (Å²) in [5.41, 5.74) is 4.96. The number of hydrogen-bond acceptors (Lipinski definition) is 7. The van der Waals surface area contributed by atoms with E-state index in [-0.39, 0.29) is 5.56 Å². The number of aromatic nitrogens is 3. The van der Waals surface area contributed by atoms with E-state index in [9.17, 15) is 9.90 Å². The van der Waals surface area contributed by atoms with Gasteiger partial charge in [-0.15, -0.1) is 0 Å². The molecule has 29 heavy (non-hydrogen) atoms. The van der Waals surface area contributed by atoms with E-state index in [1.165, 1.54) is 0 Å². The Morgan fingerprint density at radius 3 is 2.69 bits per heavy atom. The summed E-state index contributed by atoms with van der Waals surface area (Å²) >= 11 is 0. The van der Waals surface area contributed by atoms with Crippen molar-refractivity contribution in [1.82, 2.24) is 15.0 Å². The molecule has 0 amide bonds. The van der Waals surface area contributed by atoms with Crippen molar-refractivity contribution < 1.29 is 9.90 Å². The molecule has 0 aliphatic carbocycles. The Labute approximate surface area is 168 Å². The van der Waals surface area contributed by atoms with Crippen LogP contribution in [0.15, 0.2) is 42.7 Å². The quantitative estimate of drug-likeness (QED) is 0.700. The summed E-state index contributed by atoms with van der Waals surface area (Å²) in [5, 5.41) is 12.5. The fourth-order valence-corrected chi connectivity index (χ4v) is 3.39. The first kappa shape index (κ1) is 18.7. The maximum absolute atomic E-state index is 11.4. The minimum Gasteiger partial charge on any atom is -0.478 e. The van der Waals surface area contributed by atoms with Crippen molar-refractivity contribution in [1.29, 1.82) is 0 Å². The molecule has 3 aromatic rings. The topological polar surface area (TPSA) is 94.5 Å². The largest absolute Gasteiger partial charge is 0.478 e. The molecule has 0 radical (unpaired) electrons. The highest BCUT2D eigenvalue weighted by atomic mass is 16.4. The lowest BCUT2D eigenvalue weighted by Gasteiger charge is -2.37. The Bertz CT molecular complexity index is 1070. The lowest BCUT2D eigenvalue weighted by molar-refractivity contribution is 0.0697. The highest BCUT2D eigenvalue weighted by Gasteiger charge is 2.24. The van der Waals surface area contributed by atoms with Crippen LogP contribution in [-0.2, 0) is 6.54 Å². The number of hydrogen-bond donors (Lipinski definition) is 2. The molecule has 3 heterocycles. The number of nitrogens with one attached hydrogen (secondary N) is 1. The number of carboxylic acid groups (broad SMARTS) is 1. The molecule has 8 nitrogen and oxygen atoms in total. The molecule has 1 aliphatic rings. The molecule has 0 saturated heterocycles. The number of benzene rings is 1. The molecule has 0 fully saturated rings. The van der Waals surface area contributed by atoms with Crippen molar-refractivity contribution in [3.8, 4) is 0 Å². The summed E-state index contributed by atoms with van der Waals surface area (Å²) in [5.74, 6) is 0.436. The summed E-state index contributed by atoms with van der Waals surface area (Å²) in [6.45, 7) is 5.12. The second-order valence-corrected chi connectivity index (χ2v) is 7.20. The fourth-order valence-electron chi connectivity index (χ4n) is 3.39. The summed E-state index contributed by atoms with van der Waals surface area (Å²) in [4.78, 5) is 28.9. The van der Waals surface area contributed by atoms with Gasteiger partial charge in [0.15, 0.2) is 0 Å². The molecule has 1 aromatic carbocycles. The molecule has 0 unspecified atom stereocenters. The van der Waals surface area contributed by atoms with Crippen LogP contribution in [0.3, 0.4) is 0 Å². The van der Waals surface area contributed by atoms with E-state index < -0.39 is 5.97 Å². The van der Waals surface area contributed by atoms with Gasteiger partial charge in [-0.3, -0.25) is 4.98 Å². The smallest absolute Gasteiger partial charge is 0.335 e. The SMILES string of the molecule is Cc1ccc(Nc2ncc3c(n2)N(C)CN(c2cc(C(=O)O)ccc2C)C3)cn1. The van der Waals surface area contributed by atoms with Gasteiger partial charge in [-0.1, -0.05) is 6.07 Å². The number of rotatable bonds is 4. The van der Waals surface area contributed by atoms with E-state index in [0.717, 1.165) is 34.0 Å². The Kier molecular flexibility index (Phi) is 4.75. The molecule has 1 aliphatic heterocycles. The second kappa shape index (κ2) is 7.38. The number of nitrogens with zero attached hydrogens (tertiary/aromatic N) is 5. The van der Waals surface area contributed by atoms with E-state index >= 15 is 0 Å². The molecule has 8 heteroatoms. The molecular formula is C21H22N6O2. The zero-order valence-electron chi connectivity index (χ0n) is 16.5. The van der Waals surface area contributed by atoms with E-state index in [1.807, 2.05) is 50.2 Å². The van der Waals surface area contributed by atoms with Crippen molar-refractivity contribution in [2.75, 3.05) is 28.8 Å². The standard InChI is InChI=1S/C21H22N6O2/c1-13-4-6-15(20(28)29)8-18(13)27-11-16-9-23-21(25-19(16)26(3)12-27)24-17-7-5-14(2)22-10-17/h4-10H,11-12H2,1-3H3,(H,28,29)(H,23,24,25). The lowest BCUT2D eigenvalue weighted by Crippen LogP contribution is -2.41. The van der Waals surface area contributed by atoms with Gasteiger partial charge < -0.3 is 20.2 Å². The average molecular weight is 390 g/mol. The van der Waals surface area contributed by atoms with E-state index in [1.54, 1.807) is 18.3 Å². The molecule has 0 atom stereocenters. The van der Waals surface area contributed by atoms with Crippen molar-refractivity contribution in [3.05, 3.63) is 65.1 Å². The normalized spacial score (nSPS) is 13.2. The summed E-state index contributed by atoms with van der Waals surface area (Å²) in [6, 6.07) is 9.06. The third kappa shape index (κ3) is 3.82. The van der Waals surface area contributed by atoms with Crippen LogP contribution in [0.25, 0.3) is 0 Å². The number of aryl methyl sites for hydroxylation is 2. The first-order valence-electron chi connectivity index (χ1n) is 9.26. The monoisotopic (exact) mass is 390 g/mol. The van der Waals surface area contributed by atoms with Crippen molar-refractivity contribution in [2.24, 2.45) is 0 Å². The number of anilines is 4. The van der Waals surface area contributed by atoms with Crippen LogP contribution in [0.1, 0.15) is 27.2 Å². The Morgan fingerprint density at radius 2 is 1.97 bits per heavy atom. The lowest BCUT2D eigenvalue weighted by atomic mass is 10.1. The van der Waals surface area contributed by atoms with Gasteiger partial charge in [0.2, 0.25) is 5.95 Å². The molecule has 0 bridgehead atoms. The second-order valence-electron chi connectivity index (χ2n) is 7.20. The number of fused-ring (bicyclic) bond motifs is 1. The molecule has 4 rings (SSSR count). The van der Waals surface area contributed by atoms with Crippen molar-refractivity contribution >= 4 is 29.1 Å². The molecule has 2 aromatic heterocycles. The molecular weight excluding hydrogens is 368 g/mol. The van der Waals surface area contributed by atoms with Gasteiger partial charge in [0.25, 0.3) is 0 Å². The van der Waals surface area contributed by atoms with E-state index in [0.29, 0.717) is 19.2 Å². The Morgan fingerprint density at radius 1 is 1.14 bits per heavy atom. The van der Waals surface area contributed by atoms with Gasteiger partial charge >= 0.3 is 5.97 Å². The summed E-state index contributed by atoms with van der Waals surface area (Å²) < 4.78 is 0. The van der Waals surface area contributed by atoms with Gasteiger partial charge in [0.1, 0.15) is 5.82 Å². The van der Waals surface area contributed by atoms with Gasteiger partial charge in [-0.2, -0.15) is 4.98 Å². The van der Waals surface area contributed by atoms with Gasteiger partial charge in [0, 0.05) is 36.7 Å². The minimum absolute atomic E-state index is 0.279. The van der Waals surface area contributed by atoms with Crippen LogP contribution < -0.4 is 15.1 Å². The maximum Gasteiger partial charge on any atom is 0.335 e. The number of carbonyl (C=O) groups is 1. The maximum atomic E-state index is 11.4. The van der Waals surface area contributed by atoms with Gasteiger partial charge in [-0.05, 0) is 43.7 Å². The molecule has 0 spiro atoms. The third-order valence-electron chi connectivity index (χ3n) is 4.91. The highest BCUT2D eigenvalue weighted by Crippen LogP contribution is 2.31. The number of pyridine rings is 1. The van der Waals surface area contributed by atoms with Crippen LogP contribution in [-0.4, -0.2) is 39.7 Å². The Balaban J connectivity index is 1.59. The predicted molar refractivity (Wildman–Crippen MR) is 112 cm³/mol. The average Bonchev–Trinajstić information content (AvgIpc) is 2.70.